The SMILES string of the molecule is NC(=O)CCC1CCCN(CCCc2cc3ccc2CCc2ccc(cc2)CC3)C1. The molecule has 0 saturated carbocycles. The number of nitrogens with two attached hydrogens (primary N) is 1. The van der Waals surface area contributed by atoms with Crippen LogP contribution in [0.5, 0.6) is 0 Å². The maximum Gasteiger partial charge on any atom is 0.217 e. The highest BCUT2D eigenvalue weighted by Crippen LogP contribution is 2.23. The Morgan fingerprint density at radius 3 is 2.43 bits per heavy atom. The molecule has 0 spiro atoms. The first kappa shape index (κ1) is 21.1. The summed E-state index contributed by atoms with van der Waals surface area (Å²) >= 11 is 0. The molecule has 5 aliphatic rings. The molecule has 1 unspecified atom stereocenters. The third-order valence-corrected chi connectivity index (χ3v) is 7.00. The molecule has 1 aliphatic heterocycles. The van der Waals surface area contributed by atoms with Crippen LogP contribution in [-0.4, -0.2) is 30.4 Å². The van der Waals surface area contributed by atoms with Crippen molar-refractivity contribution in [2.75, 3.05) is 19.6 Å². The van der Waals surface area contributed by atoms with Crippen molar-refractivity contribution < 1.29 is 4.79 Å². The smallest absolute Gasteiger partial charge is 0.217 e. The van der Waals surface area contributed by atoms with E-state index in [4.69, 9.17) is 5.73 Å². The number of piperidine rings is 1. The number of likely N-dealkylation sites (tertiary alicyclic amines) is 1. The Balaban J connectivity index is 1.34. The van der Waals surface area contributed by atoms with E-state index >= 15 is 0 Å². The van der Waals surface area contributed by atoms with Gasteiger partial charge in [0.25, 0.3) is 0 Å². The Morgan fingerprint density at radius 2 is 1.67 bits per heavy atom. The van der Waals surface area contributed by atoms with E-state index in [-0.39, 0.29) is 5.91 Å². The highest BCUT2D eigenvalue weighted by atomic mass is 16.1. The molecule has 1 fully saturated rings. The zero-order valence-electron chi connectivity index (χ0n) is 18.2. The fraction of sp³-hybridized carbons (Fsp3) is 0.519. The summed E-state index contributed by atoms with van der Waals surface area (Å²) in [5.41, 5.74) is 12.8. The predicted octanol–water partition coefficient (Wildman–Crippen LogP) is 4.48. The molecule has 2 aromatic rings. The molecule has 1 atom stereocenters. The number of benzene rings is 2. The molecular weight excluding hydrogens is 368 g/mol. The number of hydrogen-bond donors (Lipinski definition) is 1. The van der Waals surface area contributed by atoms with Gasteiger partial charge in [0.1, 0.15) is 0 Å². The third kappa shape index (κ3) is 5.95. The van der Waals surface area contributed by atoms with Crippen LogP contribution < -0.4 is 5.73 Å². The van der Waals surface area contributed by atoms with E-state index < -0.39 is 0 Å². The third-order valence-electron chi connectivity index (χ3n) is 7.00. The Kier molecular flexibility index (Phi) is 7.22. The lowest BCUT2D eigenvalue weighted by Gasteiger charge is -2.32. The van der Waals surface area contributed by atoms with Crippen molar-refractivity contribution in [2.24, 2.45) is 11.7 Å². The number of rotatable bonds is 7. The fourth-order valence-electron chi connectivity index (χ4n) is 5.18. The number of carbonyl (C=O) groups excluding carboxylic acids is 1. The molecule has 3 heteroatoms. The molecule has 2 aromatic carbocycles. The van der Waals surface area contributed by atoms with E-state index in [2.05, 4.69) is 47.4 Å². The van der Waals surface area contributed by atoms with Gasteiger partial charge in [0.05, 0.1) is 0 Å². The molecule has 1 heterocycles. The van der Waals surface area contributed by atoms with Crippen LogP contribution in [0.25, 0.3) is 0 Å². The summed E-state index contributed by atoms with van der Waals surface area (Å²) in [4.78, 5) is 13.7. The van der Waals surface area contributed by atoms with Crippen LogP contribution in [0.4, 0.5) is 0 Å². The van der Waals surface area contributed by atoms with Gasteiger partial charge in [0.15, 0.2) is 0 Å². The van der Waals surface area contributed by atoms with Gasteiger partial charge in [-0.3, -0.25) is 4.79 Å². The lowest BCUT2D eigenvalue weighted by molar-refractivity contribution is -0.118. The van der Waals surface area contributed by atoms with Gasteiger partial charge in [0.2, 0.25) is 5.91 Å². The zero-order chi connectivity index (χ0) is 20.8. The van der Waals surface area contributed by atoms with Gasteiger partial charge in [-0.25, -0.2) is 0 Å². The van der Waals surface area contributed by atoms with Crippen molar-refractivity contribution in [1.29, 1.82) is 0 Å². The van der Waals surface area contributed by atoms with E-state index in [1.807, 2.05) is 0 Å². The van der Waals surface area contributed by atoms with Crippen LogP contribution >= 0.6 is 0 Å². The van der Waals surface area contributed by atoms with Gasteiger partial charge < -0.3 is 10.6 Å². The van der Waals surface area contributed by atoms with Gasteiger partial charge in [-0.15, -0.1) is 0 Å². The summed E-state index contributed by atoms with van der Waals surface area (Å²) in [5, 5.41) is 0. The van der Waals surface area contributed by atoms with Gasteiger partial charge in [-0.05, 0) is 105 Å². The summed E-state index contributed by atoms with van der Waals surface area (Å²) in [6.45, 7) is 3.50. The number of hydrogen-bond acceptors (Lipinski definition) is 2. The number of amides is 1. The van der Waals surface area contributed by atoms with Crippen LogP contribution in [0.3, 0.4) is 0 Å². The second kappa shape index (κ2) is 10.3. The van der Waals surface area contributed by atoms with Crippen molar-refractivity contribution in [3.05, 3.63) is 70.3 Å². The van der Waals surface area contributed by atoms with Crippen molar-refractivity contribution >= 4 is 5.91 Å². The van der Waals surface area contributed by atoms with Gasteiger partial charge in [0, 0.05) is 13.0 Å². The highest BCUT2D eigenvalue weighted by molar-refractivity contribution is 5.73. The largest absolute Gasteiger partial charge is 0.370 e. The minimum atomic E-state index is -0.157. The van der Waals surface area contributed by atoms with Crippen molar-refractivity contribution in [3.63, 3.8) is 0 Å². The summed E-state index contributed by atoms with van der Waals surface area (Å²) in [6, 6.07) is 16.5. The molecule has 160 valence electrons. The van der Waals surface area contributed by atoms with E-state index in [0.717, 1.165) is 45.2 Å². The standard InChI is InChI=1S/C27H36N2O/c28-27(30)16-13-24-3-1-17-29(20-24)18-2-4-26-19-23-10-9-21-5-7-22(8-6-21)11-14-25(26)15-12-23/h5-8,12,15,19,24H,1-4,9-11,13-14,16-18,20H2,(H2,28,30). The molecule has 3 nitrogen and oxygen atoms in total. The summed E-state index contributed by atoms with van der Waals surface area (Å²) in [7, 11) is 0. The van der Waals surface area contributed by atoms with E-state index in [0.29, 0.717) is 12.3 Å². The lowest BCUT2D eigenvalue weighted by atomic mass is 9.91. The van der Waals surface area contributed by atoms with Crippen LogP contribution in [0, 0.1) is 5.92 Å². The summed E-state index contributed by atoms with van der Waals surface area (Å²) in [5.74, 6) is 0.483. The first-order valence-corrected chi connectivity index (χ1v) is 11.8. The maximum absolute atomic E-state index is 11.1. The first-order valence-electron chi connectivity index (χ1n) is 11.8. The van der Waals surface area contributed by atoms with Crippen molar-refractivity contribution in [1.82, 2.24) is 4.90 Å². The minimum Gasteiger partial charge on any atom is -0.370 e. The average Bonchev–Trinajstić information content (AvgIpc) is 2.75. The summed E-state index contributed by atoms with van der Waals surface area (Å²) in [6.07, 6.45) is 10.9. The predicted molar refractivity (Wildman–Crippen MR) is 124 cm³/mol. The van der Waals surface area contributed by atoms with Crippen LogP contribution in [-0.2, 0) is 36.9 Å². The molecule has 1 amide bonds. The number of primary amides is 1. The highest BCUT2D eigenvalue weighted by Gasteiger charge is 2.20. The zero-order valence-corrected chi connectivity index (χ0v) is 18.2. The topological polar surface area (TPSA) is 46.3 Å². The molecule has 0 radical (unpaired) electrons. The molecule has 30 heavy (non-hydrogen) atoms. The second-order valence-electron chi connectivity index (χ2n) is 9.34. The van der Waals surface area contributed by atoms with E-state index in [1.165, 1.54) is 54.5 Å². The quantitative estimate of drug-likeness (QED) is 0.739. The minimum absolute atomic E-state index is 0.157. The van der Waals surface area contributed by atoms with Crippen molar-refractivity contribution in [2.45, 2.75) is 64.2 Å². The normalized spacial score (nSPS) is 19.4. The Bertz CT molecular complexity index is 842. The maximum atomic E-state index is 11.1. The second-order valence-corrected chi connectivity index (χ2v) is 9.34. The Hall–Kier alpha value is -2.13. The van der Waals surface area contributed by atoms with Gasteiger partial charge in [-0.1, -0.05) is 42.5 Å². The van der Waals surface area contributed by atoms with Gasteiger partial charge >= 0.3 is 0 Å². The summed E-state index contributed by atoms with van der Waals surface area (Å²) < 4.78 is 0. The lowest BCUT2D eigenvalue weighted by Crippen LogP contribution is -2.36. The molecule has 4 bridgehead atoms. The molecule has 7 rings (SSSR count). The molecule has 1 saturated heterocycles. The number of nitrogens with zero attached hydrogens (tertiary/aromatic N) is 1. The van der Waals surface area contributed by atoms with Crippen LogP contribution in [0.15, 0.2) is 42.5 Å². The number of carbonyl (C=O) groups is 1. The van der Waals surface area contributed by atoms with E-state index in [1.54, 1.807) is 5.56 Å². The number of aryl methyl sites for hydroxylation is 5. The first-order chi connectivity index (χ1) is 14.7. The molecular formula is C27H36N2O. The molecule has 4 aliphatic carbocycles. The Labute approximate surface area is 181 Å². The average molecular weight is 405 g/mol. The van der Waals surface area contributed by atoms with Crippen LogP contribution in [0.1, 0.15) is 59.9 Å². The fourth-order valence-corrected chi connectivity index (χ4v) is 5.18. The molecule has 2 N–H and O–H groups in total. The monoisotopic (exact) mass is 404 g/mol. The van der Waals surface area contributed by atoms with Crippen LogP contribution in [0.2, 0.25) is 0 Å². The van der Waals surface area contributed by atoms with E-state index in [9.17, 15) is 4.79 Å². The van der Waals surface area contributed by atoms with Gasteiger partial charge in [-0.2, -0.15) is 0 Å². The Morgan fingerprint density at radius 1 is 0.967 bits per heavy atom. The molecule has 0 aromatic heterocycles. The van der Waals surface area contributed by atoms with Crippen molar-refractivity contribution in [3.8, 4) is 0 Å².